The van der Waals surface area contributed by atoms with Gasteiger partial charge in [-0.15, -0.1) is 0 Å². The molecule has 2 saturated carbocycles. The van der Waals surface area contributed by atoms with Crippen molar-refractivity contribution < 1.29 is 152 Å². The molecular formula is C97H132FN11O32. The van der Waals surface area contributed by atoms with Gasteiger partial charge >= 0.3 is 5.97 Å². The molecule has 4 atom stereocenters. The highest BCUT2D eigenvalue weighted by molar-refractivity contribution is 6.28. The molecule has 2 fully saturated rings. The number of amides is 10. The summed E-state index contributed by atoms with van der Waals surface area (Å²) in [5.41, 5.74) is 1.18. The molecule has 6 aliphatic rings. The van der Waals surface area contributed by atoms with Crippen LogP contribution in [0.5, 0.6) is 5.75 Å². The number of cyclic esters (lactones) is 1. The van der Waals surface area contributed by atoms with Gasteiger partial charge in [-0.3, -0.25) is 52.7 Å². The SMILES string of the molecule is COCCOCCOCCOCCOCCOCCOCCOCCNC(=O)c1cc(N2C(=O)C=CC2=O)cc(C(=O)NCCOCCOCCOCCOCCOCCOCCOCCOC)c1OCCCC(=O)NCC(=O)NCC(=O)N[C@@H](Cc1ccccc1)C(=O)NCC(=O)NCO[C@H](C(=O)N[C@H]1CCc2c(C)c(F)cc3nc4c(c1c23)Cn1c-4cc2c(c1=O)COC(=O)[C@]2(O)CC1CC1)C1CC1. The van der Waals surface area contributed by atoms with E-state index < -0.39 is 127 Å². The van der Waals surface area contributed by atoms with E-state index in [0.717, 1.165) is 29.9 Å². The summed E-state index contributed by atoms with van der Waals surface area (Å²) in [6, 6.07) is 12.1. The van der Waals surface area contributed by atoms with Crippen LogP contribution in [0, 0.1) is 24.6 Å². The van der Waals surface area contributed by atoms with Crippen molar-refractivity contribution in [1.82, 2.24) is 52.1 Å². The number of fused-ring (bicyclic) bond motifs is 5. The molecule has 3 aromatic carbocycles. The lowest BCUT2D eigenvalue weighted by Gasteiger charge is -2.32. The fourth-order valence-electron chi connectivity index (χ4n) is 15.8. The fourth-order valence-corrected chi connectivity index (χ4v) is 15.8. The highest BCUT2D eigenvalue weighted by Gasteiger charge is 2.50. The standard InChI is InChI=1S/C97H132FN11O32/c1-64-69-15-16-76(87-72-61-108-79(88(72)106-77(86(69)87)56-75(64)98)55-74-73(95(108)120)62-140-96(121)97(74,122)57-66-11-12-66)107-94(119)89(67-13-14-67)141-63-104-82(112)59-103-93(118)78(52-65-8-5-4-6-9-65)105-83(113)60-102-81(111)58-101-80(110)10-7-21-139-90-70(91(116)99-19-22-125-28-30-129-36-38-133-44-46-137-50-48-135-42-40-131-34-32-127-26-24-123-2)53-68(109-84(114)17-18-85(109)115)54-71(90)92(117)100-20-23-126-29-31-130-37-39-134-45-47-138-51-49-136-43-41-132-35-33-128-27-25-124-3/h4-6,8-9,17-18,53-56,66-67,76,78,89,122H,7,10-16,19-52,57-63H2,1-3H3,(H,99,116)(H,100,117)(H,101,110)(H,102,111)(H,103,118)(H,104,112)(H,105,113)(H,107,119)/t76-,78-,89-,97-/m0/s1. The first-order chi connectivity index (χ1) is 68.6. The minimum absolute atomic E-state index is 0.00371. The largest absolute Gasteiger partial charge is 0.492 e. The fraction of sp³-hybridized carbons (Fsp3) is 0.598. The van der Waals surface area contributed by atoms with Gasteiger partial charge in [-0.2, -0.15) is 0 Å². The number of benzene rings is 3. The number of nitrogens with one attached hydrogen (secondary N) is 8. The van der Waals surface area contributed by atoms with Crippen molar-refractivity contribution in [3.63, 3.8) is 0 Å². The summed E-state index contributed by atoms with van der Waals surface area (Å²) < 4.78 is 122. The number of hydrogen-bond acceptors (Lipinski definition) is 33. The molecule has 0 saturated heterocycles. The van der Waals surface area contributed by atoms with Gasteiger partial charge < -0.3 is 142 Å². The Morgan fingerprint density at radius 1 is 0.532 bits per heavy atom. The molecule has 141 heavy (non-hydrogen) atoms. The van der Waals surface area contributed by atoms with Gasteiger partial charge in [-0.1, -0.05) is 43.2 Å². The number of aliphatic hydroxyl groups is 1. The number of aromatic nitrogens is 2. The first kappa shape index (κ1) is 111. The minimum atomic E-state index is -2.05. The van der Waals surface area contributed by atoms with Crippen LogP contribution in [0.25, 0.3) is 22.3 Å². The zero-order chi connectivity index (χ0) is 99.9. The summed E-state index contributed by atoms with van der Waals surface area (Å²) in [4.78, 5) is 170. The third-order valence-electron chi connectivity index (χ3n) is 23.4. The number of anilines is 1. The molecule has 44 heteroatoms. The molecule has 774 valence electrons. The smallest absolute Gasteiger partial charge is 0.343 e. The molecule has 2 aromatic heterocycles. The van der Waals surface area contributed by atoms with Crippen LogP contribution < -0.4 is 57.7 Å². The molecular weight excluding hydrogens is 1850 g/mol. The van der Waals surface area contributed by atoms with E-state index in [2.05, 4.69) is 42.5 Å². The Labute approximate surface area is 815 Å². The van der Waals surface area contributed by atoms with Crippen molar-refractivity contribution in [3.05, 3.63) is 133 Å². The molecule has 0 spiro atoms. The minimum Gasteiger partial charge on any atom is -0.492 e. The van der Waals surface area contributed by atoms with Crippen LogP contribution in [-0.2, 0) is 160 Å². The second kappa shape index (κ2) is 59.9. The number of pyridine rings is 2. The van der Waals surface area contributed by atoms with E-state index in [0.29, 0.717) is 221 Å². The van der Waals surface area contributed by atoms with Crippen LogP contribution in [-0.4, -0.2) is 350 Å². The number of rotatable bonds is 74. The Hall–Kier alpha value is -10.9. The van der Waals surface area contributed by atoms with Crippen LogP contribution in [0.2, 0.25) is 0 Å². The molecule has 0 unspecified atom stereocenters. The van der Waals surface area contributed by atoms with Crippen molar-refractivity contribution >= 4 is 81.6 Å². The zero-order valence-electron chi connectivity index (χ0n) is 80.2. The van der Waals surface area contributed by atoms with Crippen LogP contribution in [0.1, 0.15) is 117 Å². The number of methoxy groups -OCH3 is 2. The van der Waals surface area contributed by atoms with Gasteiger partial charge in [0.15, 0.2) is 5.60 Å². The number of nitrogens with zero attached hydrogens (tertiary/aromatic N) is 3. The average Bonchev–Trinajstić information content (AvgIpc) is 1.56. The second-order valence-electron chi connectivity index (χ2n) is 33.7. The third kappa shape index (κ3) is 35.3. The molecule has 3 aliphatic heterocycles. The first-order valence-electron chi connectivity index (χ1n) is 47.8. The van der Waals surface area contributed by atoms with Gasteiger partial charge in [-0.25, -0.2) is 19.1 Å². The Morgan fingerprint density at radius 3 is 1.52 bits per heavy atom. The van der Waals surface area contributed by atoms with E-state index in [-0.39, 0.29) is 157 Å². The van der Waals surface area contributed by atoms with E-state index >= 15 is 4.39 Å². The lowest BCUT2D eigenvalue weighted by Crippen LogP contribution is -2.52. The highest BCUT2D eigenvalue weighted by Crippen LogP contribution is 2.49. The predicted octanol–water partition coefficient (Wildman–Crippen LogP) is 1.24. The highest BCUT2D eigenvalue weighted by atomic mass is 19.1. The van der Waals surface area contributed by atoms with E-state index in [1.807, 2.05) is 0 Å². The Morgan fingerprint density at radius 2 is 1.01 bits per heavy atom. The number of ether oxygens (including phenoxy) is 19. The Balaban J connectivity index is 0.615. The summed E-state index contributed by atoms with van der Waals surface area (Å²) in [6.07, 6.45) is 4.40. The van der Waals surface area contributed by atoms with E-state index in [9.17, 15) is 62.6 Å². The van der Waals surface area contributed by atoms with Crippen LogP contribution >= 0.6 is 0 Å². The van der Waals surface area contributed by atoms with Gasteiger partial charge in [0.25, 0.3) is 29.2 Å². The zero-order valence-corrected chi connectivity index (χ0v) is 80.2. The molecule has 0 bridgehead atoms. The van der Waals surface area contributed by atoms with E-state index in [1.54, 1.807) is 57.5 Å². The molecule has 43 nitrogen and oxygen atoms in total. The molecule has 9 N–H and O–H groups in total. The summed E-state index contributed by atoms with van der Waals surface area (Å²) in [7, 11) is 3.22. The maximum Gasteiger partial charge on any atom is 0.343 e. The van der Waals surface area contributed by atoms with Crippen molar-refractivity contribution in [1.29, 1.82) is 0 Å². The monoisotopic (exact) mass is 1980 g/mol. The van der Waals surface area contributed by atoms with Crippen LogP contribution in [0.15, 0.2) is 71.5 Å². The summed E-state index contributed by atoms with van der Waals surface area (Å²) in [6.45, 7) is 9.18. The topological polar surface area (TPSA) is 518 Å². The number of aryl methyl sites for hydroxylation is 1. The van der Waals surface area contributed by atoms with Gasteiger partial charge in [0.05, 0.1) is 276 Å². The number of carbonyl (C=O) groups is 11. The van der Waals surface area contributed by atoms with Gasteiger partial charge in [0.1, 0.15) is 37.1 Å². The Kier molecular flexibility index (Phi) is 47.0. The van der Waals surface area contributed by atoms with Crippen LogP contribution in [0.4, 0.5) is 10.1 Å². The number of carbonyl (C=O) groups excluding carboxylic acids is 11. The number of halogens is 1. The molecule has 0 radical (unpaired) electrons. The second-order valence-corrected chi connectivity index (χ2v) is 33.7. The molecule has 3 aliphatic carbocycles. The quantitative estimate of drug-likeness (QED) is 0.0112. The van der Waals surface area contributed by atoms with Crippen molar-refractivity contribution in [2.75, 3.05) is 263 Å². The van der Waals surface area contributed by atoms with Crippen molar-refractivity contribution in [3.8, 4) is 17.1 Å². The number of imide groups is 1. The van der Waals surface area contributed by atoms with E-state index in [4.69, 9.17) is 95.0 Å². The lowest BCUT2D eigenvalue weighted by molar-refractivity contribution is -0.173. The van der Waals surface area contributed by atoms with Gasteiger partial charge in [-0.05, 0) is 97.7 Å². The normalized spacial score (nSPS) is 16.0. The van der Waals surface area contributed by atoms with E-state index in [1.165, 1.54) is 22.8 Å². The molecule has 11 rings (SSSR count). The van der Waals surface area contributed by atoms with Crippen LogP contribution in [0.3, 0.4) is 0 Å². The number of hydrogen-bond donors (Lipinski definition) is 9. The third-order valence-corrected chi connectivity index (χ3v) is 23.4. The molecule has 5 heterocycles. The summed E-state index contributed by atoms with van der Waals surface area (Å²) in [5.74, 6) is -9.00. The summed E-state index contributed by atoms with van der Waals surface area (Å²) >= 11 is 0. The first-order valence-corrected chi connectivity index (χ1v) is 47.8. The maximum atomic E-state index is 15.8. The molecule has 5 aromatic rings. The van der Waals surface area contributed by atoms with Gasteiger partial charge in [0, 0.05) is 74.9 Å². The maximum absolute atomic E-state index is 15.8. The average molecular weight is 1980 g/mol. The van der Waals surface area contributed by atoms with Crippen molar-refractivity contribution in [2.24, 2.45) is 11.8 Å². The Bertz CT molecular complexity index is 4940. The summed E-state index contributed by atoms with van der Waals surface area (Å²) in [5, 5.41) is 33.9. The predicted molar refractivity (Wildman–Crippen MR) is 500 cm³/mol. The van der Waals surface area contributed by atoms with Crippen molar-refractivity contribution in [2.45, 2.75) is 108 Å². The van der Waals surface area contributed by atoms with Gasteiger partial charge in [0.2, 0.25) is 35.4 Å². The lowest BCUT2D eigenvalue weighted by atomic mass is 9.81. The molecule has 10 amide bonds. The number of esters is 1.